The molecule has 1 amide bonds. The van der Waals surface area contributed by atoms with Gasteiger partial charge in [-0.25, -0.2) is 6.07 Å². The summed E-state index contributed by atoms with van der Waals surface area (Å²) < 4.78 is 0. The van der Waals surface area contributed by atoms with Crippen LogP contribution in [0, 0.1) is 5.38 Å². The van der Waals surface area contributed by atoms with Gasteiger partial charge >= 0.3 is 0 Å². The molecule has 1 saturated heterocycles. The van der Waals surface area contributed by atoms with Gasteiger partial charge in [-0.1, -0.05) is 51.2 Å². The van der Waals surface area contributed by atoms with Crippen LogP contribution in [-0.4, -0.2) is 17.1 Å². The second-order valence-electron chi connectivity index (χ2n) is 7.47. The average Bonchev–Trinajstić information content (AvgIpc) is 3.32. The molecule has 0 saturated carbocycles. The van der Waals surface area contributed by atoms with E-state index in [-0.39, 0.29) is 38.6 Å². The van der Waals surface area contributed by atoms with E-state index < -0.39 is 6.10 Å². The predicted molar refractivity (Wildman–Crippen MR) is 112 cm³/mol. The number of carbonyl (C=O) groups excluding carboxylic acids is 1. The van der Waals surface area contributed by atoms with Gasteiger partial charge in [0.2, 0.25) is 5.91 Å². The molecule has 1 aromatic heterocycles. The maximum absolute atomic E-state index is 12.4. The van der Waals surface area contributed by atoms with Crippen LogP contribution in [0.4, 0.5) is 5.69 Å². The summed E-state index contributed by atoms with van der Waals surface area (Å²) in [5, 5.41) is 13.5. The maximum atomic E-state index is 12.4. The van der Waals surface area contributed by atoms with E-state index in [9.17, 15) is 9.90 Å². The quantitative estimate of drug-likeness (QED) is 0.357. The summed E-state index contributed by atoms with van der Waals surface area (Å²) in [5.41, 5.74) is 1.92. The van der Waals surface area contributed by atoms with Crippen LogP contribution in [0.2, 0.25) is 0 Å². The smallest absolute Gasteiger partial charge is 0.227 e. The summed E-state index contributed by atoms with van der Waals surface area (Å²) in [7, 11) is 0. The zero-order valence-corrected chi connectivity index (χ0v) is 20.4. The van der Waals surface area contributed by atoms with Gasteiger partial charge < -0.3 is 21.3 Å². The first-order chi connectivity index (χ1) is 13.2. The van der Waals surface area contributed by atoms with Gasteiger partial charge in [-0.2, -0.15) is 6.07 Å². The average molecular weight is 473 g/mol. The second kappa shape index (κ2) is 12.2. The number of hydrogen-bond acceptors (Lipinski definition) is 3. The molecule has 2 atom stereocenters. The van der Waals surface area contributed by atoms with Crippen molar-refractivity contribution in [2.75, 3.05) is 4.90 Å². The van der Waals surface area contributed by atoms with Crippen molar-refractivity contribution in [1.29, 1.82) is 0 Å². The van der Waals surface area contributed by atoms with Crippen LogP contribution in [-0.2, 0) is 43.9 Å². The third-order valence-electron chi connectivity index (χ3n) is 5.45. The van der Waals surface area contributed by atoms with Gasteiger partial charge in [0, 0.05) is 50.9 Å². The summed E-state index contributed by atoms with van der Waals surface area (Å²) in [5.74, 6) is 0.223. The number of anilines is 1. The molecule has 3 rings (SSSR count). The molecule has 28 heavy (non-hydrogen) atoms. The molecule has 1 aromatic carbocycles. The molecule has 0 unspecified atom stereocenters. The Kier molecular flexibility index (Phi) is 10.4. The van der Waals surface area contributed by atoms with E-state index in [4.69, 9.17) is 0 Å². The SMILES string of the molecule is CCCCC[C@@H](O)c1ccc(N2C(=O)CC[C@@H]2CCCc2cc[c-]s2)cc1.[Y]. The molecule has 5 heteroatoms. The molecule has 0 aliphatic carbocycles. The molecule has 149 valence electrons. The zero-order chi connectivity index (χ0) is 19.1. The molecular formula is C23H30NO2SY-. The van der Waals surface area contributed by atoms with Crippen molar-refractivity contribution < 1.29 is 42.6 Å². The Morgan fingerprint density at radius 1 is 1.21 bits per heavy atom. The summed E-state index contributed by atoms with van der Waals surface area (Å²) >= 11 is 1.69. The Hall–Kier alpha value is -0.546. The largest absolute Gasteiger partial charge is 0.388 e. The van der Waals surface area contributed by atoms with Crippen LogP contribution >= 0.6 is 11.3 Å². The Labute approximate surface area is 198 Å². The molecule has 2 heterocycles. The van der Waals surface area contributed by atoms with Crippen molar-refractivity contribution in [3.63, 3.8) is 0 Å². The molecule has 0 bridgehead atoms. The minimum atomic E-state index is -0.404. The van der Waals surface area contributed by atoms with E-state index in [1.54, 1.807) is 11.3 Å². The Balaban J connectivity index is 0.00000280. The van der Waals surface area contributed by atoms with E-state index in [0.29, 0.717) is 12.5 Å². The van der Waals surface area contributed by atoms with E-state index in [2.05, 4.69) is 18.4 Å². The summed E-state index contributed by atoms with van der Waals surface area (Å²) in [6, 6.07) is 12.4. The summed E-state index contributed by atoms with van der Waals surface area (Å²) in [6.07, 6.45) is 8.54. The topological polar surface area (TPSA) is 40.5 Å². The second-order valence-corrected chi connectivity index (χ2v) is 8.44. The predicted octanol–water partition coefficient (Wildman–Crippen LogP) is 5.68. The third-order valence-corrected chi connectivity index (χ3v) is 6.31. The number of thiophene rings is 1. The number of nitrogens with zero attached hydrogens (tertiary/aromatic N) is 1. The van der Waals surface area contributed by atoms with Gasteiger partial charge in [0.25, 0.3) is 0 Å². The number of benzene rings is 1. The van der Waals surface area contributed by atoms with Crippen LogP contribution in [0.1, 0.15) is 74.8 Å². The Bertz CT molecular complexity index is 702. The fourth-order valence-electron chi connectivity index (χ4n) is 3.90. The molecule has 1 aliphatic rings. The van der Waals surface area contributed by atoms with E-state index in [1.165, 1.54) is 4.88 Å². The molecular weight excluding hydrogens is 443 g/mol. The monoisotopic (exact) mass is 473 g/mol. The number of aliphatic hydroxyl groups excluding tert-OH is 1. The summed E-state index contributed by atoms with van der Waals surface area (Å²) in [6.45, 7) is 2.17. The Morgan fingerprint density at radius 2 is 2.00 bits per heavy atom. The number of rotatable bonds is 10. The molecule has 2 aromatic rings. The van der Waals surface area contributed by atoms with Crippen molar-refractivity contribution >= 4 is 22.9 Å². The number of amides is 1. The fourth-order valence-corrected chi connectivity index (χ4v) is 4.57. The first-order valence-corrected chi connectivity index (χ1v) is 11.1. The maximum Gasteiger partial charge on any atom is 0.227 e. The molecule has 1 radical (unpaired) electrons. The third kappa shape index (κ3) is 6.48. The van der Waals surface area contributed by atoms with Crippen LogP contribution in [0.3, 0.4) is 0 Å². The molecule has 1 fully saturated rings. The van der Waals surface area contributed by atoms with Crippen molar-refractivity contribution in [2.24, 2.45) is 0 Å². The zero-order valence-electron chi connectivity index (χ0n) is 16.8. The van der Waals surface area contributed by atoms with Gasteiger partial charge in [-0.3, -0.25) is 4.79 Å². The van der Waals surface area contributed by atoms with Crippen LogP contribution in [0.25, 0.3) is 0 Å². The normalized spacial score (nSPS) is 17.6. The van der Waals surface area contributed by atoms with Gasteiger partial charge in [0.05, 0.1) is 6.10 Å². The van der Waals surface area contributed by atoms with E-state index in [1.807, 2.05) is 35.2 Å². The number of carbonyl (C=O) groups is 1. The molecule has 1 aliphatic heterocycles. The summed E-state index contributed by atoms with van der Waals surface area (Å²) in [4.78, 5) is 15.8. The molecule has 0 spiro atoms. The first kappa shape index (κ1) is 23.7. The molecule has 1 N–H and O–H groups in total. The number of aryl methyl sites for hydroxylation is 1. The fraction of sp³-hybridized carbons (Fsp3) is 0.522. The van der Waals surface area contributed by atoms with Crippen molar-refractivity contribution in [2.45, 2.75) is 76.9 Å². The first-order valence-electron chi connectivity index (χ1n) is 10.2. The minimum Gasteiger partial charge on any atom is -0.388 e. The van der Waals surface area contributed by atoms with Crippen molar-refractivity contribution in [3.8, 4) is 0 Å². The van der Waals surface area contributed by atoms with Gasteiger partial charge in [-0.15, -0.1) is 10.3 Å². The number of hydrogen-bond donors (Lipinski definition) is 1. The standard InChI is InChI=1S/C23H30NO2S.Y/c1-2-3-4-10-22(25)18-11-13-20(14-12-18)24-19(15-16-23(24)26)7-5-8-21-9-6-17-27-21;/h6,9,11-14,19,22,25H,2-5,7-8,10,15-16H2,1H3;/q-1;/t19-,22+;/m0./s1. The van der Waals surface area contributed by atoms with Crippen LogP contribution in [0.5, 0.6) is 0 Å². The van der Waals surface area contributed by atoms with E-state index >= 15 is 0 Å². The van der Waals surface area contributed by atoms with Crippen LogP contribution < -0.4 is 4.90 Å². The van der Waals surface area contributed by atoms with Crippen LogP contribution in [0.15, 0.2) is 36.4 Å². The van der Waals surface area contributed by atoms with Gasteiger partial charge in [-0.05, 0) is 37.0 Å². The van der Waals surface area contributed by atoms with Crippen molar-refractivity contribution in [3.05, 3.63) is 52.2 Å². The van der Waals surface area contributed by atoms with Crippen molar-refractivity contribution in [1.82, 2.24) is 0 Å². The minimum absolute atomic E-state index is 0. The van der Waals surface area contributed by atoms with Gasteiger partial charge in [0.15, 0.2) is 0 Å². The van der Waals surface area contributed by atoms with E-state index in [0.717, 1.165) is 62.6 Å². The molecule has 3 nitrogen and oxygen atoms in total. The van der Waals surface area contributed by atoms with Gasteiger partial charge in [0.1, 0.15) is 0 Å². The number of unbranched alkanes of at least 4 members (excludes halogenated alkanes) is 2. The number of aliphatic hydroxyl groups is 1. The Morgan fingerprint density at radius 3 is 2.68 bits per heavy atom.